The minimum absolute atomic E-state index is 0.0804. The summed E-state index contributed by atoms with van der Waals surface area (Å²) in [5, 5.41) is 4.52. The number of carbonyl (C=O) groups is 1. The Balaban J connectivity index is 1.43. The Hall–Kier alpha value is -3.45. The van der Waals surface area contributed by atoms with E-state index >= 15 is 0 Å². The predicted molar refractivity (Wildman–Crippen MR) is 133 cm³/mol. The molecular weight excluding hydrogens is 426 g/mol. The number of benzene rings is 1. The molecular formula is C27H31N5O2. The summed E-state index contributed by atoms with van der Waals surface area (Å²) in [6.07, 6.45) is 2.70. The minimum Gasteiger partial charge on any atom is -0.477 e. The van der Waals surface area contributed by atoms with Gasteiger partial charge in [-0.3, -0.25) is 19.3 Å². The lowest BCUT2D eigenvalue weighted by Gasteiger charge is -2.33. The highest BCUT2D eigenvalue weighted by Crippen LogP contribution is 2.36. The number of rotatable bonds is 5. The van der Waals surface area contributed by atoms with E-state index in [0.29, 0.717) is 18.1 Å². The number of pyridine rings is 1. The van der Waals surface area contributed by atoms with Gasteiger partial charge in [-0.25, -0.2) is 4.98 Å². The zero-order chi connectivity index (χ0) is 23.8. The molecule has 2 aliphatic rings. The zero-order valence-electron chi connectivity index (χ0n) is 20.3. The molecule has 3 aromatic rings. The van der Waals surface area contributed by atoms with Crippen LogP contribution in [0.1, 0.15) is 41.6 Å². The molecule has 0 bridgehead atoms. The summed E-state index contributed by atoms with van der Waals surface area (Å²) in [5.74, 6) is 1.15. The largest absolute Gasteiger partial charge is 0.477 e. The van der Waals surface area contributed by atoms with Gasteiger partial charge in [0.2, 0.25) is 0 Å². The van der Waals surface area contributed by atoms with Crippen LogP contribution in [0.15, 0.2) is 48.5 Å². The molecule has 34 heavy (non-hydrogen) atoms. The van der Waals surface area contributed by atoms with Crippen molar-refractivity contribution in [3.63, 3.8) is 0 Å². The van der Waals surface area contributed by atoms with Gasteiger partial charge in [-0.05, 0) is 50.5 Å². The van der Waals surface area contributed by atoms with Crippen LogP contribution in [-0.2, 0) is 24.9 Å². The maximum atomic E-state index is 13.2. The number of anilines is 1. The number of carbonyl (C=O) groups excluding carboxylic acids is 1. The maximum absolute atomic E-state index is 13.2. The first-order chi connectivity index (χ1) is 16.4. The van der Waals surface area contributed by atoms with Crippen molar-refractivity contribution >= 4 is 17.3 Å². The van der Waals surface area contributed by atoms with Crippen molar-refractivity contribution < 1.29 is 9.53 Å². The number of ether oxygens (including phenoxy) is 1. The van der Waals surface area contributed by atoms with Crippen molar-refractivity contribution in [1.29, 1.82) is 0 Å². The Labute approximate surface area is 200 Å². The van der Waals surface area contributed by atoms with Crippen molar-refractivity contribution in [1.82, 2.24) is 19.7 Å². The molecule has 0 aliphatic carbocycles. The average molecular weight is 458 g/mol. The lowest BCUT2D eigenvalue weighted by molar-refractivity contribution is -0.125. The molecule has 5 rings (SSSR count). The lowest BCUT2D eigenvalue weighted by Crippen LogP contribution is -2.44. The third-order valence-corrected chi connectivity index (χ3v) is 6.80. The highest BCUT2D eigenvalue weighted by atomic mass is 16.5. The summed E-state index contributed by atoms with van der Waals surface area (Å²) in [4.78, 5) is 22.3. The van der Waals surface area contributed by atoms with Crippen LogP contribution in [0.3, 0.4) is 0 Å². The van der Waals surface area contributed by atoms with Gasteiger partial charge in [0.1, 0.15) is 0 Å². The van der Waals surface area contributed by atoms with Gasteiger partial charge < -0.3 is 4.74 Å². The fourth-order valence-electron chi connectivity index (χ4n) is 4.79. The summed E-state index contributed by atoms with van der Waals surface area (Å²) >= 11 is 0. The van der Waals surface area contributed by atoms with Crippen LogP contribution in [0.2, 0.25) is 0 Å². The molecule has 7 nitrogen and oxygen atoms in total. The monoisotopic (exact) mass is 457 g/mol. The zero-order valence-corrected chi connectivity index (χ0v) is 20.3. The number of aryl methyl sites for hydroxylation is 2. The fraction of sp³-hybridized carbons (Fsp3) is 0.370. The van der Waals surface area contributed by atoms with Gasteiger partial charge in [0, 0.05) is 37.9 Å². The number of amides is 1. The number of aromatic nitrogens is 3. The second-order valence-electron chi connectivity index (χ2n) is 9.19. The lowest BCUT2D eigenvalue weighted by atomic mass is 10.0. The SMILES string of the molecule is Cc1nn(C)c(C)c1CN1C(=O)[C@@H](C)Oc2ccc(C3=CCCN(Cc4ccccc4)C3)nc21. The van der Waals surface area contributed by atoms with Gasteiger partial charge in [-0.15, -0.1) is 0 Å². The summed E-state index contributed by atoms with van der Waals surface area (Å²) < 4.78 is 7.77. The van der Waals surface area contributed by atoms with Gasteiger partial charge in [0.05, 0.1) is 17.9 Å². The Morgan fingerprint density at radius 3 is 2.62 bits per heavy atom. The number of hydrogen-bond donors (Lipinski definition) is 0. The van der Waals surface area contributed by atoms with E-state index in [4.69, 9.17) is 9.72 Å². The van der Waals surface area contributed by atoms with Gasteiger partial charge in [0.15, 0.2) is 17.7 Å². The smallest absolute Gasteiger partial charge is 0.269 e. The highest BCUT2D eigenvalue weighted by molar-refractivity contribution is 5.99. The molecule has 0 unspecified atom stereocenters. The summed E-state index contributed by atoms with van der Waals surface area (Å²) in [6, 6.07) is 14.5. The molecule has 0 saturated heterocycles. The summed E-state index contributed by atoms with van der Waals surface area (Å²) in [5.41, 5.74) is 6.42. The topological polar surface area (TPSA) is 63.5 Å². The van der Waals surface area contributed by atoms with Gasteiger partial charge in [-0.2, -0.15) is 5.10 Å². The normalized spacial score (nSPS) is 18.5. The molecule has 2 aromatic heterocycles. The van der Waals surface area contributed by atoms with E-state index in [2.05, 4.69) is 40.3 Å². The predicted octanol–water partition coefficient (Wildman–Crippen LogP) is 4.04. The molecule has 0 N–H and O–H groups in total. The molecule has 1 aromatic carbocycles. The highest BCUT2D eigenvalue weighted by Gasteiger charge is 2.34. The summed E-state index contributed by atoms with van der Waals surface area (Å²) in [6.45, 7) is 8.99. The summed E-state index contributed by atoms with van der Waals surface area (Å²) in [7, 11) is 1.93. The Morgan fingerprint density at radius 1 is 1.09 bits per heavy atom. The Kier molecular flexibility index (Phi) is 5.96. The molecule has 7 heteroatoms. The van der Waals surface area contributed by atoms with Crippen molar-refractivity contribution in [3.8, 4) is 5.75 Å². The van der Waals surface area contributed by atoms with Gasteiger partial charge in [0.25, 0.3) is 5.91 Å². The number of hydrogen-bond acceptors (Lipinski definition) is 5. The van der Waals surface area contributed by atoms with Crippen LogP contribution in [0.4, 0.5) is 5.82 Å². The van der Waals surface area contributed by atoms with Crippen LogP contribution >= 0.6 is 0 Å². The van der Waals surface area contributed by atoms with E-state index in [0.717, 1.165) is 48.7 Å². The third-order valence-electron chi connectivity index (χ3n) is 6.80. The molecule has 1 atom stereocenters. The molecule has 0 radical (unpaired) electrons. The molecule has 2 aliphatic heterocycles. The van der Waals surface area contributed by atoms with E-state index in [1.54, 1.807) is 11.8 Å². The van der Waals surface area contributed by atoms with Crippen molar-refractivity contribution in [2.24, 2.45) is 7.05 Å². The molecule has 0 saturated carbocycles. The molecule has 0 spiro atoms. The van der Waals surface area contributed by atoms with Gasteiger partial charge >= 0.3 is 0 Å². The Bertz CT molecular complexity index is 1250. The molecule has 0 fully saturated rings. The Morgan fingerprint density at radius 2 is 1.88 bits per heavy atom. The average Bonchev–Trinajstić information content (AvgIpc) is 3.08. The first-order valence-corrected chi connectivity index (χ1v) is 11.8. The molecule has 4 heterocycles. The third kappa shape index (κ3) is 4.23. The standard InChI is InChI=1S/C27H31N5O2/c1-18-23(19(2)30(4)29-18)17-32-26-25(34-20(3)27(32)33)13-12-24(28-26)22-11-8-14-31(16-22)15-21-9-6-5-7-10-21/h5-7,9-13,20H,8,14-17H2,1-4H3/t20-/m1/s1. The van der Waals surface area contributed by atoms with E-state index in [1.807, 2.05) is 43.8 Å². The minimum atomic E-state index is -0.548. The number of fused-ring (bicyclic) bond motifs is 1. The van der Waals surface area contributed by atoms with E-state index in [1.165, 1.54) is 11.1 Å². The quantitative estimate of drug-likeness (QED) is 0.579. The van der Waals surface area contributed by atoms with E-state index < -0.39 is 6.10 Å². The van der Waals surface area contributed by atoms with Crippen molar-refractivity contribution in [2.75, 3.05) is 18.0 Å². The molecule has 1 amide bonds. The second kappa shape index (κ2) is 9.06. The van der Waals surface area contributed by atoms with Crippen LogP contribution in [0.25, 0.3) is 5.57 Å². The van der Waals surface area contributed by atoms with Crippen LogP contribution in [0.5, 0.6) is 5.75 Å². The van der Waals surface area contributed by atoms with Crippen molar-refractivity contribution in [2.45, 2.75) is 46.4 Å². The van der Waals surface area contributed by atoms with Crippen LogP contribution in [0, 0.1) is 13.8 Å². The van der Waals surface area contributed by atoms with E-state index in [-0.39, 0.29) is 5.91 Å². The second-order valence-corrected chi connectivity index (χ2v) is 9.19. The molecule has 176 valence electrons. The van der Waals surface area contributed by atoms with E-state index in [9.17, 15) is 4.79 Å². The van der Waals surface area contributed by atoms with Crippen molar-refractivity contribution in [3.05, 3.63) is 76.7 Å². The fourth-order valence-corrected chi connectivity index (χ4v) is 4.79. The van der Waals surface area contributed by atoms with Crippen LogP contribution in [-0.4, -0.2) is 44.8 Å². The first-order valence-electron chi connectivity index (χ1n) is 11.8. The maximum Gasteiger partial charge on any atom is 0.269 e. The number of nitrogens with zero attached hydrogens (tertiary/aromatic N) is 5. The van der Waals surface area contributed by atoms with Crippen LogP contribution < -0.4 is 9.64 Å². The van der Waals surface area contributed by atoms with Gasteiger partial charge in [-0.1, -0.05) is 36.4 Å². The first kappa shape index (κ1) is 22.3.